The summed E-state index contributed by atoms with van der Waals surface area (Å²) in [6.45, 7) is 2.36. The van der Waals surface area contributed by atoms with E-state index in [1.807, 2.05) is 19.1 Å². The molecule has 1 N–H and O–H groups in total. The molecule has 0 bridgehead atoms. The number of alkyl halides is 1. The molecule has 1 aromatic heterocycles. The average Bonchev–Trinajstić information content (AvgIpc) is 2.15. The molecule has 0 saturated heterocycles. The third-order valence-electron chi connectivity index (χ3n) is 1.71. The van der Waals surface area contributed by atoms with E-state index in [4.69, 9.17) is 0 Å². The third kappa shape index (κ3) is 2.27. The highest BCUT2D eigenvalue weighted by Gasteiger charge is 2.07. The molecule has 2 nitrogen and oxygen atoms in total. The first kappa shape index (κ1) is 9.13. The highest BCUT2D eigenvalue weighted by Crippen LogP contribution is 2.11. The van der Waals surface area contributed by atoms with Crippen molar-refractivity contribution in [3.63, 3.8) is 0 Å². The number of hydrogen-bond donors (Lipinski definition) is 1. The summed E-state index contributed by atoms with van der Waals surface area (Å²) in [6, 6.07) is 3.47. The minimum atomic E-state index is -0.377. The minimum absolute atomic E-state index is 0.182. The Bertz CT molecular complexity index is 213. The van der Waals surface area contributed by atoms with Crippen LogP contribution in [0.2, 0.25) is 0 Å². The van der Waals surface area contributed by atoms with Crippen LogP contribution in [0, 0.1) is 0 Å². The van der Waals surface area contributed by atoms with Crippen LogP contribution in [0.1, 0.15) is 18.5 Å². The molecule has 3 heteroatoms. The van der Waals surface area contributed by atoms with E-state index in [0.717, 1.165) is 12.1 Å². The summed E-state index contributed by atoms with van der Waals surface area (Å²) >= 11 is 0. The van der Waals surface area contributed by atoms with Gasteiger partial charge in [0.1, 0.15) is 6.67 Å². The molecule has 0 saturated carbocycles. The number of nitrogens with zero attached hydrogens (tertiary/aromatic N) is 1. The zero-order valence-corrected chi connectivity index (χ0v) is 7.13. The lowest BCUT2D eigenvalue weighted by molar-refractivity contribution is 0.387. The molecule has 1 unspecified atom stereocenters. The fraction of sp³-hybridized carbons (Fsp3) is 0.444. The van der Waals surface area contributed by atoms with Gasteiger partial charge in [-0.3, -0.25) is 4.98 Å². The normalized spacial score (nSPS) is 12.8. The van der Waals surface area contributed by atoms with Crippen LogP contribution in [-0.4, -0.2) is 18.2 Å². The van der Waals surface area contributed by atoms with Gasteiger partial charge in [-0.1, -0.05) is 6.92 Å². The van der Waals surface area contributed by atoms with Crippen molar-refractivity contribution >= 4 is 0 Å². The lowest BCUT2D eigenvalue weighted by atomic mass is 10.1. The Balaban J connectivity index is 2.66. The van der Waals surface area contributed by atoms with Crippen LogP contribution in [-0.2, 0) is 0 Å². The second-order valence-corrected chi connectivity index (χ2v) is 2.55. The molecule has 0 spiro atoms. The summed E-state index contributed by atoms with van der Waals surface area (Å²) < 4.78 is 12.4. The largest absolute Gasteiger partial charge is 0.308 e. The number of hydrogen-bond acceptors (Lipinski definition) is 2. The summed E-state index contributed by atoms with van der Waals surface area (Å²) in [5.41, 5.74) is 0.953. The maximum Gasteiger partial charge on any atom is 0.109 e. The monoisotopic (exact) mass is 168 g/mol. The molecule has 0 aliphatic carbocycles. The first-order valence-corrected chi connectivity index (χ1v) is 4.07. The van der Waals surface area contributed by atoms with Crippen LogP contribution >= 0.6 is 0 Å². The topological polar surface area (TPSA) is 24.9 Å². The van der Waals surface area contributed by atoms with Crippen molar-refractivity contribution in [2.75, 3.05) is 13.2 Å². The second kappa shape index (κ2) is 4.83. The first-order chi connectivity index (χ1) is 5.88. The van der Waals surface area contributed by atoms with Gasteiger partial charge >= 0.3 is 0 Å². The van der Waals surface area contributed by atoms with Crippen LogP contribution in [0.25, 0.3) is 0 Å². The van der Waals surface area contributed by atoms with Crippen molar-refractivity contribution < 1.29 is 4.39 Å². The molecule has 12 heavy (non-hydrogen) atoms. The summed E-state index contributed by atoms with van der Waals surface area (Å²) in [7, 11) is 0. The Kier molecular flexibility index (Phi) is 3.67. The van der Waals surface area contributed by atoms with Crippen molar-refractivity contribution in [1.29, 1.82) is 0 Å². The van der Waals surface area contributed by atoms with E-state index in [1.54, 1.807) is 12.4 Å². The molecule has 0 amide bonds. The van der Waals surface area contributed by atoms with Crippen molar-refractivity contribution in [1.82, 2.24) is 10.3 Å². The van der Waals surface area contributed by atoms with Gasteiger partial charge in [0.25, 0.3) is 0 Å². The molecule has 1 aromatic rings. The van der Waals surface area contributed by atoms with Crippen molar-refractivity contribution in [2.24, 2.45) is 0 Å². The van der Waals surface area contributed by atoms with E-state index in [-0.39, 0.29) is 12.7 Å². The van der Waals surface area contributed by atoms with Crippen LogP contribution in [0.3, 0.4) is 0 Å². The van der Waals surface area contributed by atoms with E-state index >= 15 is 0 Å². The van der Waals surface area contributed by atoms with Gasteiger partial charge in [0.15, 0.2) is 0 Å². The summed E-state index contributed by atoms with van der Waals surface area (Å²) in [5.74, 6) is 0. The maximum absolute atomic E-state index is 12.4. The number of rotatable bonds is 4. The minimum Gasteiger partial charge on any atom is -0.308 e. The molecule has 66 valence electrons. The van der Waals surface area contributed by atoms with Gasteiger partial charge in [0, 0.05) is 12.4 Å². The van der Waals surface area contributed by atoms with Gasteiger partial charge in [-0.2, -0.15) is 0 Å². The standard InChI is InChI=1S/C9H13FN2/c1-2-12-9(7-10)8-3-5-11-6-4-8/h3-6,9,12H,2,7H2,1H3. The number of pyridine rings is 1. The van der Waals surface area contributed by atoms with E-state index in [1.165, 1.54) is 0 Å². The summed E-state index contributed by atoms with van der Waals surface area (Å²) in [4.78, 5) is 3.87. The van der Waals surface area contributed by atoms with Gasteiger partial charge in [-0.15, -0.1) is 0 Å². The van der Waals surface area contributed by atoms with Crippen LogP contribution in [0.4, 0.5) is 4.39 Å². The van der Waals surface area contributed by atoms with Crippen molar-refractivity contribution in [2.45, 2.75) is 13.0 Å². The Morgan fingerprint density at radius 1 is 1.50 bits per heavy atom. The predicted octanol–water partition coefficient (Wildman–Crippen LogP) is 1.70. The molecule has 0 aliphatic rings. The Morgan fingerprint density at radius 2 is 2.17 bits per heavy atom. The zero-order chi connectivity index (χ0) is 8.81. The quantitative estimate of drug-likeness (QED) is 0.740. The van der Waals surface area contributed by atoms with Crippen molar-refractivity contribution in [3.05, 3.63) is 30.1 Å². The fourth-order valence-electron chi connectivity index (χ4n) is 1.10. The number of aromatic nitrogens is 1. The molecule has 0 aromatic carbocycles. The lowest BCUT2D eigenvalue weighted by Gasteiger charge is -2.13. The zero-order valence-electron chi connectivity index (χ0n) is 7.13. The molecule has 0 radical (unpaired) electrons. The smallest absolute Gasteiger partial charge is 0.109 e. The predicted molar refractivity (Wildman–Crippen MR) is 46.6 cm³/mol. The van der Waals surface area contributed by atoms with Crippen LogP contribution < -0.4 is 5.32 Å². The molecule has 1 rings (SSSR count). The molecule has 1 atom stereocenters. The maximum atomic E-state index is 12.4. The van der Waals surface area contributed by atoms with E-state index in [0.29, 0.717) is 0 Å². The Labute approximate surface area is 71.8 Å². The third-order valence-corrected chi connectivity index (χ3v) is 1.71. The highest BCUT2D eigenvalue weighted by molar-refractivity contribution is 5.14. The number of nitrogens with one attached hydrogen (secondary N) is 1. The highest BCUT2D eigenvalue weighted by atomic mass is 19.1. The molecular weight excluding hydrogens is 155 g/mol. The van der Waals surface area contributed by atoms with Gasteiger partial charge in [-0.25, -0.2) is 4.39 Å². The Morgan fingerprint density at radius 3 is 2.67 bits per heavy atom. The van der Waals surface area contributed by atoms with E-state index < -0.39 is 0 Å². The van der Waals surface area contributed by atoms with Crippen LogP contribution in [0.5, 0.6) is 0 Å². The van der Waals surface area contributed by atoms with E-state index in [9.17, 15) is 4.39 Å². The van der Waals surface area contributed by atoms with Crippen molar-refractivity contribution in [3.8, 4) is 0 Å². The van der Waals surface area contributed by atoms with Crippen LogP contribution in [0.15, 0.2) is 24.5 Å². The fourth-order valence-corrected chi connectivity index (χ4v) is 1.10. The van der Waals surface area contributed by atoms with E-state index in [2.05, 4.69) is 10.3 Å². The Hall–Kier alpha value is -0.960. The van der Waals surface area contributed by atoms with Gasteiger partial charge in [0.05, 0.1) is 6.04 Å². The van der Waals surface area contributed by atoms with Gasteiger partial charge in [-0.05, 0) is 24.2 Å². The molecule has 1 heterocycles. The average molecular weight is 168 g/mol. The molecule has 0 fully saturated rings. The summed E-state index contributed by atoms with van der Waals surface area (Å²) in [6.07, 6.45) is 3.35. The first-order valence-electron chi connectivity index (χ1n) is 4.07. The van der Waals surface area contributed by atoms with Gasteiger partial charge < -0.3 is 5.32 Å². The second-order valence-electron chi connectivity index (χ2n) is 2.55. The number of halogens is 1. The summed E-state index contributed by atoms with van der Waals surface area (Å²) in [5, 5.41) is 3.05. The molecule has 0 aliphatic heterocycles. The van der Waals surface area contributed by atoms with Gasteiger partial charge in [0.2, 0.25) is 0 Å². The SMILES string of the molecule is CCNC(CF)c1ccncc1. The molecular formula is C9H13FN2. The lowest BCUT2D eigenvalue weighted by Crippen LogP contribution is -2.22.